The Labute approximate surface area is 704 Å². The minimum absolute atomic E-state index is 0.199. The van der Waals surface area contributed by atoms with Gasteiger partial charge in [-0.05, 0) is 278 Å². The first-order valence-corrected chi connectivity index (χ1v) is 41.2. The van der Waals surface area contributed by atoms with Gasteiger partial charge in [0.1, 0.15) is 0 Å². The highest BCUT2D eigenvalue weighted by Crippen LogP contribution is 2.52. The zero-order chi connectivity index (χ0) is 83.8. The fourth-order valence-electron chi connectivity index (χ4n) is 19.1. The van der Waals surface area contributed by atoms with E-state index in [1.165, 1.54) is 164 Å². The Balaban J connectivity index is 0.000000111. The molecule has 24 rings (SSSR count). The predicted molar refractivity (Wildman–Crippen MR) is 518 cm³/mol. The Hall–Kier alpha value is -15.6. The van der Waals surface area contributed by atoms with E-state index >= 15 is 0 Å². The number of rotatable bonds is 9. The molecule has 120 heavy (non-hydrogen) atoms. The molecule has 0 heteroatoms. The number of benzene rings is 24. The van der Waals surface area contributed by atoms with Crippen LogP contribution in [0.2, 0.25) is 0 Å². The van der Waals surface area contributed by atoms with Crippen LogP contribution in [-0.2, 0) is 0 Å². The molecule has 0 radical (unpaired) electrons. The van der Waals surface area contributed by atoms with Crippen LogP contribution in [0.15, 0.2) is 473 Å². The van der Waals surface area contributed by atoms with Crippen molar-refractivity contribution in [2.45, 2.75) is 0 Å². The van der Waals surface area contributed by atoms with Crippen molar-refractivity contribution in [3.63, 3.8) is 0 Å². The molecule has 0 nitrogen and oxygen atoms in total. The molecular weight excluding hydrogens is 1440 g/mol. The van der Waals surface area contributed by atoms with Crippen molar-refractivity contribution in [2.75, 3.05) is 0 Å². The van der Waals surface area contributed by atoms with Crippen LogP contribution < -0.4 is 0 Å². The van der Waals surface area contributed by atoms with E-state index in [1.807, 2.05) is 54.6 Å². The fraction of sp³-hybridized carbons (Fsp3) is 0. The van der Waals surface area contributed by atoms with Gasteiger partial charge in [0.25, 0.3) is 0 Å². The van der Waals surface area contributed by atoms with Gasteiger partial charge < -0.3 is 0 Å². The summed E-state index contributed by atoms with van der Waals surface area (Å²) in [4.78, 5) is 0. The quantitative estimate of drug-likeness (QED) is 0.0998. The van der Waals surface area contributed by atoms with E-state index in [2.05, 4.69) is 388 Å². The Morgan fingerprint density at radius 2 is 0.375 bits per heavy atom. The molecule has 0 fully saturated rings. The van der Waals surface area contributed by atoms with Crippen LogP contribution in [0.4, 0.5) is 0 Å². The molecule has 0 spiro atoms. The molecule has 558 valence electrons. The molecule has 24 aromatic rings. The van der Waals surface area contributed by atoms with Crippen molar-refractivity contribution >= 4 is 129 Å². The summed E-state index contributed by atoms with van der Waals surface area (Å²) in [5.41, 5.74) is 20.4. The fourth-order valence-corrected chi connectivity index (χ4v) is 19.1. The highest BCUT2D eigenvalue weighted by molar-refractivity contribution is 6.28. The van der Waals surface area contributed by atoms with Crippen LogP contribution in [0.5, 0.6) is 0 Å². The molecule has 0 saturated heterocycles. The molecule has 0 aliphatic rings. The lowest BCUT2D eigenvalue weighted by Gasteiger charge is -2.20. The summed E-state index contributed by atoms with van der Waals surface area (Å²) in [6, 6.07) is 158. The van der Waals surface area contributed by atoms with Gasteiger partial charge in [-0.25, -0.2) is 0 Å². The Morgan fingerprint density at radius 3 is 0.767 bits per heavy atom. The largest absolute Gasteiger partial charge is 0.0629 e. The first kappa shape index (κ1) is 65.6. The van der Waals surface area contributed by atoms with Crippen molar-refractivity contribution in [1.29, 1.82) is 0 Å². The second kappa shape index (κ2) is 30.5. The lowest BCUT2D eigenvalue weighted by molar-refractivity contribution is 1.63. The second-order valence-electron chi connectivity index (χ2n) is 31.1. The summed E-state index contributed by atoms with van der Waals surface area (Å²) < 4.78 is 42.5. The maximum atomic E-state index is 8.80. The van der Waals surface area contributed by atoms with Crippen molar-refractivity contribution in [2.24, 2.45) is 0 Å². The van der Waals surface area contributed by atoms with Gasteiger partial charge in [-0.3, -0.25) is 0 Å². The van der Waals surface area contributed by atoms with Gasteiger partial charge in [0.15, 0.2) is 0 Å². The molecule has 24 aromatic carbocycles. The standard InChI is InChI=1S/C44H28.C40H26.C36H24/c1-2-14-29(15-3-1)43-37-22-10-12-24-39(37)44(40-25-13-11-23-38(40)43)42-28-32(26-30-16-4-7-19-34(30)42)41-27-31-17-5-6-18-33(31)35-20-8-9-21-36(35)41;1-2-13-28(14-3-1)39-34-18-8-10-20-36(34)40(37-21-11-9-19-35(37)39)38-26-32(25-31-16-6-7-17-33(31)38)30-23-22-27-12-4-5-15-29(27)24-30;1-3-13-25(14-4-1)28-23-27-17-7-8-18-29(27)34(24-28)36-32-21-11-9-19-30(32)35(26-15-5-2-6-16-26)31-20-10-12-22-33(31)36/h1-28H;1-26H;1-24H/i;;2D,5D,6D,15D,16D. The molecule has 0 bridgehead atoms. The van der Waals surface area contributed by atoms with Crippen LogP contribution in [0, 0.1) is 0 Å². The highest BCUT2D eigenvalue weighted by Gasteiger charge is 2.24. The van der Waals surface area contributed by atoms with Crippen molar-refractivity contribution in [1.82, 2.24) is 0 Å². The van der Waals surface area contributed by atoms with Crippen LogP contribution in [-0.4, -0.2) is 0 Å². The topological polar surface area (TPSA) is 0 Å². The van der Waals surface area contributed by atoms with Crippen molar-refractivity contribution < 1.29 is 6.85 Å². The molecule has 0 aliphatic heterocycles. The summed E-state index contributed by atoms with van der Waals surface area (Å²) in [5.74, 6) is 0. The molecule has 0 N–H and O–H groups in total. The van der Waals surface area contributed by atoms with Gasteiger partial charge in [0, 0.05) is 0 Å². The van der Waals surface area contributed by atoms with Crippen LogP contribution in [0.1, 0.15) is 6.85 Å². The average molecular weight is 1520 g/mol. The predicted octanol–water partition coefficient (Wildman–Crippen LogP) is 33.9. The lowest BCUT2D eigenvalue weighted by Crippen LogP contribution is -1.93. The summed E-state index contributed by atoms with van der Waals surface area (Å²) in [6.45, 7) is 0. The maximum absolute atomic E-state index is 8.80. The zero-order valence-electron chi connectivity index (χ0n) is 70.6. The molecule has 0 atom stereocenters. The smallest absolute Gasteiger partial charge is 0.0622 e. The van der Waals surface area contributed by atoms with E-state index in [1.54, 1.807) is 0 Å². The summed E-state index contributed by atoms with van der Waals surface area (Å²) in [5, 5.41) is 28.8. The van der Waals surface area contributed by atoms with Crippen molar-refractivity contribution in [3.05, 3.63) is 473 Å². The number of fused-ring (bicyclic) bond motifs is 13. The first-order valence-electron chi connectivity index (χ1n) is 43.7. The third kappa shape index (κ3) is 12.6. The SMILES string of the molecule is [2H]c1c([2H])c([2H])c(-c2c3ccccc3c(-c3cc(-c4ccccc4)cc4ccccc34)c3ccccc23)c([2H])c1[2H].c1ccc(-c2c3ccccc3c(-c3cc(-c4cc5ccccc5c5ccccc45)cc4ccccc34)c3ccccc23)cc1.c1ccc(-c2c3ccccc3c(-c3cc(-c4ccc5ccccc5c4)cc4ccccc34)c3ccccc23)cc1. The summed E-state index contributed by atoms with van der Waals surface area (Å²) in [7, 11) is 0. The van der Waals surface area contributed by atoms with Gasteiger partial charge in [-0.2, -0.15) is 0 Å². The Bertz CT molecular complexity index is 8270. The molecule has 0 unspecified atom stereocenters. The number of hydrogen-bond acceptors (Lipinski definition) is 0. The van der Waals surface area contributed by atoms with E-state index in [4.69, 9.17) is 6.85 Å². The van der Waals surface area contributed by atoms with Crippen molar-refractivity contribution in [3.8, 4) is 100 Å². The van der Waals surface area contributed by atoms with Gasteiger partial charge >= 0.3 is 0 Å². The van der Waals surface area contributed by atoms with E-state index in [0.29, 0.717) is 5.56 Å². The Morgan fingerprint density at radius 1 is 0.117 bits per heavy atom. The maximum Gasteiger partial charge on any atom is 0.0629 e. The van der Waals surface area contributed by atoms with E-state index < -0.39 is 6.04 Å². The van der Waals surface area contributed by atoms with Crippen LogP contribution in [0.3, 0.4) is 0 Å². The first-order chi connectivity index (χ1) is 61.6. The molecular formula is C120H78. The molecule has 0 amide bonds. The van der Waals surface area contributed by atoms with E-state index in [-0.39, 0.29) is 29.7 Å². The minimum atomic E-state index is -0.391. The van der Waals surface area contributed by atoms with Gasteiger partial charge in [-0.1, -0.05) is 425 Å². The summed E-state index contributed by atoms with van der Waals surface area (Å²) in [6.07, 6.45) is 0. The number of hydrogen-bond donors (Lipinski definition) is 0. The van der Waals surface area contributed by atoms with Crippen LogP contribution in [0.25, 0.3) is 229 Å². The minimum Gasteiger partial charge on any atom is -0.0622 e. The molecule has 0 aliphatic carbocycles. The normalized spacial score (nSPS) is 12.1. The average Bonchev–Trinajstić information content (AvgIpc) is 0.726. The highest BCUT2D eigenvalue weighted by atomic mass is 14.3. The molecule has 0 saturated carbocycles. The molecule has 0 heterocycles. The summed E-state index contributed by atoms with van der Waals surface area (Å²) >= 11 is 0. The van der Waals surface area contributed by atoms with E-state index in [9.17, 15) is 0 Å². The lowest BCUT2D eigenvalue weighted by atomic mass is 9.83. The monoisotopic (exact) mass is 1520 g/mol. The Kier molecular flexibility index (Phi) is 16.7. The third-order valence-corrected chi connectivity index (χ3v) is 24.3. The van der Waals surface area contributed by atoms with Crippen LogP contribution >= 0.6 is 0 Å². The van der Waals surface area contributed by atoms with E-state index in [0.717, 1.165) is 54.6 Å². The van der Waals surface area contributed by atoms with Gasteiger partial charge in [0.2, 0.25) is 0 Å². The second-order valence-corrected chi connectivity index (χ2v) is 31.1. The van der Waals surface area contributed by atoms with Gasteiger partial charge in [0.05, 0.1) is 6.85 Å². The molecule has 0 aromatic heterocycles. The third-order valence-electron chi connectivity index (χ3n) is 24.3. The zero-order valence-corrected chi connectivity index (χ0v) is 65.6. The van der Waals surface area contributed by atoms with Gasteiger partial charge in [-0.15, -0.1) is 0 Å².